The van der Waals surface area contributed by atoms with E-state index >= 15 is 0 Å². The number of halogens is 3. The van der Waals surface area contributed by atoms with Crippen LogP contribution in [0, 0.1) is 15.5 Å². The molecule has 3 rings (SSSR count). The van der Waals surface area contributed by atoms with Crippen molar-refractivity contribution in [3.8, 4) is 0 Å². The van der Waals surface area contributed by atoms with Crippen LogP contribution < -0.4 is 5.43 Å². The molecule has 1 fully saturated rings. The molecule has 0 aromatic heterocycles. The van der Waals surface area contributed by atoms with Gasteiger partial charge in [0.2, 0.25) is 5.91 Å². The number of carbonyl (C=O) groups excluding carboxylic acids is 1. The zero-order valence-corrected chi connectivity index (χ0v) is 14.0. The summed E-state index contributed by atoms with van der Waals surface area (Å²) in [4.78, 5) is 22.3. The number of fused-ring (bicyclic) bond motifs is 1. The number of nitro benzene ring substituents is 1. The van der Waals surface area contributed by atoms with Gasteiger partial charge < -0.3 is 0 Å². The molecule has 1 heterocycles. The zero-order valence-electron chi connectivity index (χ0n) is 14.0. The Labute approximate surface area is 146 Å². The highest BCUT2D eigenvalue weighted by Gasteiger charge is 2.51. The maximum atomic E-state index is 13.9. The number of hydrazine groups is 1. The fraction of sp³-hybridized carbons (Fsp3) is 0.353. The summed E-state index contributed by atoms with van der Waals surface area (Å²) < 4.78 is 41.7. The Morgan fingerprint density at radius 3 is 2.50 bits per heavy atom. The van der Waals surface area contributed by atoms with Crippen molar-refractivity contribution >= 4 is 22.4 Å². The molecular weight excluding hydrogens is 351 g/mol. The van der Waals surface area contributed by atoms with E-state index in [1.54, 1.807) is 19.9 Å². The number of nitrogens with zero attached hydrogens (tertiary/aromatic N) is 2. The molecule has 1 N–H and O–H groups in total. The smallest absolute Gasteiger partial charge is 0.287 e. The Kier molecular flexibility index (Phi) is 4.14. The van der Waals surface area contributed by atoms with E-state index in [-0.39, 0.29) is 23.2 Å². The summed E-state index contributed by atoms with van der Waals surface area (Å²) in [5.41, 5.74) is 0.883. The summed E-state index contributed by atoms with van der Waals surface area (Å²) >= 11 is 0. The number of hydrogen-bond acceptors (Lipinski definition) is 4. The molecule has 26 heavy (non-hydrogen) atoms. The number of benzene rings is 2. The number of alkyl halides is 3. The van der Waals surface area contributed by atoms with Crippen molar-refractivity contribution in [2.24, 2.45) is 5.41 Å². The summed E-state index contributed by atoms with van der Waals surface area (Å²) in [5.74, 6) is -0.502. The van der Waals surface area contributed by atoms with Gasteiger partial charge >= 0.3 is 6.18 Å². The molecule has 2 aromatic carbocycles. The largest absolute Gasteiger partial charge is 0.409 e. The number of non-ortho nitro benzene ring substituents is 1. The first-order valence-corrected chi connectivity index (χ1v) is 7.82. The summed E-state index contributed by atoms with van der Waals surface area (Å²) in [6.07, 6.45) is -4.69. The first kappa shape index (κ1) is 18.1. The minimum Gasteiger partial charge on any atom is -0.287 e. The molecule has 1 saturated heterocycles. The molecule has 1 amide bonds. The van der Waals surface area contributed by atoms with Crippen molar-refractivity contribution in [1.82, 2.24) is 10.4 Å². The van der Waals surface area contributed by atoms with Gasteiger partial charge in [-0.05, 0) is 36.2 Å². The Hall–Kier alpha value is -2.68. The van der Waals surface area contributed by atoms with Crippen LogP contribution in [0.1, 0.15) is 25.5 Å². The normalized spacial score (nSPS) is 18.7. The molecule has 0 bridgehead atoms. The highest BCUT2D eigenvalue weighted by atomic mass is 19.4. The molecule has 0 unspecified atom stereocenters. The van der Waals surface area contributed by atoms with Crippen molar-refractivity contribution in [3.63, 3.8) is 0 Å². The summed E-state index contributed by atoms with van der Waals surface area (Å²) in [6.45, 7) is 2.98. The molecule has 1 aliphatic heterocycles. The monoisotopic (exact) mass is 367 g/mol. The van der Waals surface area contributed by atoms with E-state index in [2.05, 4.69) is 5.43 Å². The molecule has 138 valence electrons. The third-order valence-electron chi connectivity index (χ3n) is 4.45. The van der Waals surface area contributed by atoms with Crippen molar-refractivity contribution in [2.45, 2.75) is 26.1 Å². The highest BCUT2D eigenvalue weighted by Crippen LogP contribution is 2.43. The average Bonchev–Trinajstić information content (AvgIpc) is 2.78. The van der Waals surface area contributed by atoms with E-state index in [1.807, 2.05) is 0 Å². The second-order valence-electron chi connectivity index (χ2n) is 6.91. The van der Waals surface area contributed by atoms with Crippen LogP contribution in [-0.2, 0) is 4.79 Å². The minimum absolute atomic E-state index is 0.128. The summed E-state index contributed by atoms with van der Waals surface area (Å²) in [5, 5.41) is 12.5. The minimum atomic E-state index is -4.69. The lowest BCUT2D eigenvalue weighted by Crippen LogP contribution is -2.43. The second kappa shape index (κ2) is 5.94. The number of amides is 1. The van der Waals surface area contributed by atoms with Gasteiger partial charge in [-0.1, -0.05) is 18.2 Å². The first-order chi connectivity index (χ1) is 12.0. The van der Waals surface area contributed by atoms with E-state index in [1.165, 1.54) is 24.3 Å². The van der Waals surface area contributed by atoms with E-state index in [0.717, 1.165) is 11.1 Å². The molecule has 0 aliphatic carbocycles. The predicted octanol–water partition coefficient (Wildman–Crippen LogP) is 3.72. The number of hydrogen-bond donors (Lipinski definition) is 1. The van der Waals surface area contributed by atoms with Crippen LogP contribution >= 0.6 is 0 Å². The fourth-order valence-electron chi connectivity index (χ4n) is 3.13. The van der Waals surface area contributed by atoms with Gasteiger partial charge in [0.05, 0.1) is 10.3 Å². The van der Waals surface area contributed by atoms with Crippen molar-refractivity contribution in [2.75, 3.05) is 6.54 Å². The standard InChI is InChI=1S/C17H16F3N3O3/c1-16(2)9-22(21-15(16)24)14(17(18,19)20)12-5-3-4-10-6-7-11(23(25)26)8-13(10)12/h3-8,14H,9H2,1-2H3,(H,21,24)/t14-/m0/s1. The predicted molar refractivity (Wildman–Crippen MR) is 88.0 cm³/mol. The number of nitro groups is 1. The summed E-state index contributed by atoms with van der Waals surface area (Å²) in [6, 6.07) is 6.01. The third-order valence-corrected chi connectivity index (χ3v) is 4.45. The number of rotatable bonds is 3. The Bertz CT molecular complexity index is 896. The van der Waals surface area contributed by atoms with Crippen LogP contribution in [0.4, 0.5) is 18.9 Å². The van der Waals surface area contributed by atoms with Gasteiger partial charge in [-0.25, -0.2) is 5.01 Å². The molecule has 9 heteroatoms. The first-order valence-electron chi connectivity index (χ1n) is 7.82. The quantitative estimate of drug-likeness (QED) is 0.663. The van der Waals surface area contributed by atoms with Crippen molar-refractivity contribution in [1.29, 1.82) is 0 Å². The molecular formula is C17H16F3N3O3. The maximum absolute atomic E-state index is 13.9. The van der Waals surface area contributed by atoms with Crippen LogP contribution in [0.2, 0.25) is 0 Å². The van der Waals surface area contributed by atoms with Crippen molar-refractivity contribution in [3.05, 3.63) is 52.1 Å². The van der Waals surface area contributed by atoms with Crippen LogP contribution in [0.3, 0.4) is 0 Å². The summed E-state index contributed by atoms with van der Waals surface area (Å²) in [7, 11) is 0. The molecule has 2 aromatic rings. The van der Waals surface area contributed by atoms with E-state index < -0.39 is 28.5 Å². The highest BCUT2D eigenvalue weighted by molar-refractivity contribution is 5.88. The van der Waals surface area contributed by atoms with Gasteiger partial charge in [-0.3, -0.25) is 20.3 Å². The van der Waals surface area contributed by atoms with Gasteiger partial charge in [-0.2, -0.15) is 13.2 Å². The van der Waals surface area contributed by atoms with Gasteiger partial charge in [0.25, 0.3) is 5.69 Å². The number of nitrogens with one attached hydrogen (secondary N) is 1. The Balaban J connectivity index is 2.18. The fourth-order valence-corrected chi connectivity index (χ4v) is 3.13. The van der Waals surface area contributed by atoms with Gasteiger partial charge in [0, 0.05) is 18.7 Å². The lowest BCUT2D eigenvalue weighted by atomic mass is 9.93. The molecule has 1 aliphatic rings. The molecule has 0 saturated carbocycles. The van der Waals surface area contributed by atoms with Crippen LogP contribution in [0.15, 0.2) is 36.4 Å². The van der Waals surface area contributed by atoms with Gasteiger partial charge in [-0.15, -0.1) is 0 Å². The average molecular weight is 367 g/mol. The maximum Gasteiger partial charge on any atom is 0.409 e. The lowest BCUT2D eigenvalue weighted by Gasteiger charge is -2.30. The van der Waals surface area contributed by atoms with Gasteiger partial charge in [0.1, 0.15) is 0 Å². The number of carbonyl (C=O) groups is 1. The lowest BCUT2D eigenvalue weighted by molar-refractivity contribution is -0.384. The molecule has 1 atom stereocenters. The second-order valence-corrected chi connectivity index (χ2v) is 6.91. The third kappa shape index (κ3) is 3.10. The van der Waals surface area contributed by atoms with E-state index in [9.17, 15) is 28.1 Å². The van der Waals surface area contributed by atoms with E-state index in [4.69, 9.17) is 0 Å². The van der Waals surface area contributed by atoms with Crippen LogP contribution in [0.5, 0.6) is 0 Å². The van der Waals surface area contributed by atoms with E-state index in [0.29, 0.717) is 5.39 Å². The SMILES string of the molecule is CC1(C)CN([C@@H](c2cccc3ccc([N+](=O)[O-])cc23)C(F)(F)F)NC1=O. The molecule has 6 nitrogen and oxygen atoms in total. The van der Waals surface area contributed by atoms with Crippen LogP contribution in [0.25, 0.3) is 10.8 Å². The van der Waals surface area contributed by atoms with Crippen molar-refractivity contribution < 1.29 is 22.9 Å². The Morgan fingerprint density at radius 2 is 1.96 bits per heavy atom. The zero-order chi connectivity index (χ0) is 19.3. The topological polar surface area (TPSA) is 75.5 Å². The molecule has 0 radical (unpaired) electrons. The molecule has 0 spiro atoms. The van der Waals surface area contributed by atoms with Gasteiger partial charge in [0.15, 0.2) is 6.04 Å². The Morgan fingerprint density at radius 1 is 1.27 bits per heavy atom. The van der Waals surface area contributed by atoms with Crippen LogP contribution in [-0.4, -0.2) is 28.6 Å².